The van der Waals surface area contributed by atoms with E-state index in [1.165, 1.54) is 13.0 Å². The largest absolute Gasteiger partial charge is 0.507 e. The van der Waals surface area contributed by atoms with Crippen molar-refractivity contribution in [2.75, 3.05) is 0 Å². The monoisotopic (exact) mass is 213 g/mol. The summed E-state index contributed by atoms with van der Waals surface area (Å²) in [4.78, 5) is 15.4. The maximum Gasteiger partial charge on any atom is 0.159 e. The van der Waals surface area contributed by atoms with Gasteiger partial charge >= 0.3 is 0 Å². The van der Waals surface area contributed by atoms with Crippen LogP contribution in [0.4, 0.5) is 0 Å². The first-order valence-corrected chi connectivity index (χ1v) is 4.94. The quantitative estimate of drug-likeness (QED) is 0.780. The first-order chi connectivity index (χ1) is 7.68. The van der Waals surface area contributed by atoms with Crippen LogP contribution >= 0.6 is 0 Å². The van der Waals surface area contributed by atoms with Gasteiger partial charge in [-0.25, -0.2) is 0 Å². The van der Waals surface area contributed by atoms with E-state index in [1.54, 1.807) is 30.5 Å². The van der Waals surface area contributed by atoms with Gasteiger partial charge in [-0.15, -0.1) is 0 Å². The molecule has 80 valence electrons. The third-order valence-electron chi connectivity index (χ3n) is 2.34. The summed E-state index contributed by atoms with van der Waals surface area (Å²) in [6.07, 6.45) is 1.65. The Balaban J connectivity index is 2.56. The van der Waals surface area contributed by atoms with Crippen LogP contribution in [0.25, 0.3) is 11.3 Å². The summed E-state index contributed by atoms with van der Waals surface area (Å²) in [5.74, 6) is 0.0980. The molecule has 1 aromatic heterocycles. The fraction of sp³-hybridized carbons (Fsp3) is 0.0769. The molecule has 0 radical (unpaired) electrons. The number of carbonyl (C=O) groups is 1. The van der Waals surface area contributed by atoms with E-state index in [9.17, 15) is 9.90 Å². The number of ketones is 1. The molecule has 0 amide bonds. The molecule has 3 nitrogen and oxygen atoms in total. The standard InChI is InChI=1S/C13H11NO2/c1-9(15)10-5-6-13(16)11(8-10)12-4-2-3-7-14-12/h2-8,16H,1H3. The van der Waals surface area contributed by atoms with Gasteiger partial charge in [0.2, 0.25) is 0 Å². The predicted octanol–water partition coefficient (Wildman–Crippen LogP) is 2.66. The molecule has 0 spiro atoms. The molecule has 0 fully saturated rings. The Kier molecular flexibility index (Phi) is 2.68. The van der Waals surface area contributed by atoms with Crippen LogP contribution in [0.1, 0.15) is 17.3 Å². The zero-order chi connectivity index (χ0) is 11.5. The second kappa shape index (κ2) is 4.14. The number of hydrogen-bond acceptors (Lipinski definition) is 3. The highest BCUT2D eigenvalue weighted by Crippen LogP contribution is 2.28. The van der Waals surface area contributed by atoms with Crippen LogP contribution in [0, 0.1) is 0 Å². The van der Waals surface area contributed by atoms with Gasteiger partial charge in [0.05, 0.1) is 5.69 Å². The molecule has 0 bridgehead atoms. The Labute approximate surface area is 93.4 Å². The van der Waals surface area contributed by atoms with Crippen LogP contribution in [0.15, 0.2) is 42.6 Å². The van der Waals surface area contributed by atoms with E-state index in [-0.39, 0.29) is 11.5 Å². The van der Waals surface area contributed by atoms with Gasteiger partial charge < -0.3 is 5.11 Å². The number of phenols is 1. The lowest BCUT2D eigenvalue weighted by molar-refractivity contribution is 0.101. The van der Waals surface area contributed by atoms with Gasteiger partial charge in [0.1, 0.15) is 5.75 Å². The molecule has 1 aromatic carbocycles. The van der Waals surface area contributed by atoms with E-state index in [0.29, 0.717) is 16.8 Å². The van der Waals surface area contributed by atoms with Crippen molar-refractivity contribution in [2.24, 2.45) is 0 Å². The molecule has 0 saturated carbocycles. The van der Waals surface area contributed by atoms with Crippen molar-refractivity contribution in [1.82, 2.24) is 4.98 Å². The highest BCUT2D eigenvalue weighted by molar-refractivity contribution is 5.95. The van der Waals surface area contributed by atoms with E-state index >= 15 is 0 Å². The number of Topliss-reactive ketones (excluding diaryl/α,β-unsaturated/α-hetero) is 1. The number of aromatic nitrogens is 1. The lowest BCUT2D eigenvalue weighted by Crippen LogP contribution is -1.93. The second-order valence-electron chi connectivity index (χ2n) is 3.50. The van der Waals surface area contributed by atoms with Gasteiger partial charge in [0, 0.05) is 17.3 Å². The van der Waals surface area contributed by atoms with Gasteiger partial charge in [-0.05, 0) is 37.3 Å². The third-order valence-corrected chi connectivity index (χ3v) is 2.34. The smallest absolute Gasteiger partial charge is 0.159 e. The van der Waals surface area contributed by atoms with E-state index in [2.05, 4.69) is 4.98 Å². The van der Waals surface area contributed by atoms with Crippen LogP contribution in [0.2, 0.25) is 0 Å². The number of carbonyl (C=O) groups excluding carboxylic acids is 1. The first kappa shape index (κ1) is 10.4. The highest BCUT2D eigenvalue weighted by Gasteiger charge is 2.08. The Morgan fingerprint density at radius 1 is 1.25 bits per heavy atom. The van der Waals surface area contributed by atoms with Crippen molar-refractivity contribution >= 4 is 5.78 Å². The van der Waals surface area contributed by atoms with Crippen molar-refractivity contribution in [3.05, 3.63) is 48.2 Å². The first-order valence-electron chi connectivity index (χ1n) is 4.94. The SMILES string of the molecule is CC(=O)c1ccc(O)c(-c2ccccn2)c1. The van der Waals surface area contributed by atoms with Gasteiger partial charge in [-0.1, -0.05) is 6.07 Å². The maximum absolute atomic E-state index is 11.2. The molecule has 0 atom stereocenters. The summed E-state index contributed by atoms with van der Waals surface area (Å²) in [6, 6.07) is 10.2. The van der Waals surface area contributed by atoms with Crippen LogP contribution in [0.3, 0.4) is 0 Å². The lowest BCUT2D eigenvalue weighted by Gasteiger charge is -2.05. The average molecular weight is 213 g/mol. The van der Waals surface area contributed by atoms with E-state index in [1.807, 2.05) is 6.07 Å². The summed E-state index contributed by atoms with van der Waals surface area (Å²) < 4.78 is 0. The minimum absolute atomic E-state index is 0.0304. The van der Waals surface area contributed by atoms with E-state index in [0.717, 1.165) is 0 Å². The molecule has 0 aliphatic heterocycles. The molecule has 0 unspecified atom stereocenters. The summed E-state index contributed by atoms with van der Waals surface area (Å²) in [5, 5.41) is 9.72. The van der Waals surface area contributed by atoms with Crippen LogP contribution in [-0.2, 0) is 0 Å². The second-order valence-corrected chi connectivity index (χ2v) is 3.50. The number of hydrogen-bond donors (Lipinski definition) is 1. The highest BCUT2D eigenvalue weighted by atomic mass is 16.3. The van der Waals surface area contributed by atoms with Gasteiger partial charge in [-0.2, -0.15) is 0 Å². The maximum atomic E-state index is 11.2. The van der Waals surface area contributed by atoms with Crippen molar-refractivity contribution in [3.63, 3.8) is 0 Å². The third kappa shape index (κ3) is 1.93. The molecule has 16 heavy (non-hydrogen) atoms. The molecular formula is C13H11NO2. The van der Waals surface area contributed by atoms with Crippen LogP contribution < -0.4 is 0 Å². The molecule has 0 aliphatic rings. The fourth-order valence-corrected chi connectivity index (χ4v) is 1.48. The normalized spacial score (nSPS) is 10.1. The Morgan fingerprint density at radius 2 is 2.06 bits per heavy atom. The lowest BCUT2D eigenvalue weighted by atomic mass is 10.0. The van der Waals surface area contributed by atoms with Crippen molar-refractivity contribution in [2.45, 2.75) is 6.92 Å². The van der Waals surface area contributed by atoms with Gasteiger partial charge in [0.15, 0.2) is 5.78 Å². The molecule has 2 aromatic rings. The molecule has 3 heteroatoms. The summed E-state index contributed by atoms with van der Waals surface area (Å²) in [7, 11) is 0. The van der Waals surface area contributed by atoms with Crippen molar-refractivity contribution in [1.29, 1.82) is 0 Å². The minimum atomic E-state index is -0.0304. The number of nitrogens with zero attached hydrogens (tertiary/aromatic N) is 1. The zero-order valence-electron chi connectivity index (χ0n) is 8.84. The van der Waals surface area contributed by atoms with Gasteiger partial charge in [-0.3, -0.25) is 9.78 Å². The molecule has 0 saturated heterocycles. The van der Waals surface area contributed by atoms with E-state index in [4.69, 9.17) is 0 Å². The summed E-state index contributed by atoms with van der Waals surface area (Å²) in [5.41, 5.74) is 1.80. The summed E-state index contributed by atoms with van der Waals surface area (Å²) in [6.45, 7) is 1.49. The Hall–Kier alpha value is -2.16. The number of rotatable bonds is 2. The average Bonchev–Trinajstić information content (AvgIpc) is 2.30. The topological polar surface area (TPSA) is 50.2 Å². The number of phenolic OH excluding ortho intramolecular Hbond substituents is 1. The number of aromatic hydroxyl groups is 1. The summed E-state index contributed by atoms with van der Waals surface area (Å²) >= 11 is 0. The molecular weight excluding hydrogens is 202 g/mol. The minimum Gasteiger partial charge on any atom is -0.507 e. The zero-order valence-corrected chi connectivity index (χ0v) is 8.84. The van der Waals surface area contributed by atoms with Crippen molar-refractivity contribution < 1.29 is 9.90 Å². The van der Waals surface area contributed by atoms with E-state index < -0.39 is 0 Å². The van der Waals surface area contributed by atoms with Gasteiger partial charge in [0.25, 0.3) is 0 Å². The molecule has 0 aliphatic carbocycles. The van der Waals surface area contributed by atoms with Crippen molar-refractivity contribution in [3.8, 4) is 17.0 Å². The Bertz CT molecular complexity index is 521. The molecule has 1 heterocycles. The number of benzene rings is 1. The molecule has 2 rings (SSSR count). The fourth-order valence-electron chi connectivity index (χ4n) is 1.48. The predicted molar refractivity (Wildman–Crippen MR) is 61.3 cm³/mol. The Morgan fingerprint density at radius 3 is 2.69 bits per heavy atom. The van der Waals surface area contributed by atoms with Crippen LogP contribution in [0.5, 0.6) is 5.75 Å². The molecule has 1 N–H and O–H groups in total. The number of pyridine rings is 1. The van der Waals surface area contributed by atoms with Crippen LogP contribution in [-0.4, -0.2) is 15.9 Å².